The molecule has 2 N–H and O–H groups in total. The lowest BCUT2D eigenvalue weighted by Crippen LogP contribution is -2.56. The number of alkyl halides is 1. The number of halogens is 1. The van der Waals surface area contributed by atoms with Gasteiger partial charge in [0.05, 0.1) is 12.0 Å². The summed E-state index contributed by atoms with van der Waals surface area (Å²) in [4.78, 5) is 12.3. The second kappa shape index (κ2) is 5.74. The summed E-state index contributed by atoms with van der Waals surface area (Å²) < 4.78 is 0. The summed E-state index contributed by atoms with van der Waals surface area (Å²) in [7, 11) is 0. The van der Waals surface area contributed by atoms with E-state index in [0.29, 0.717) is 18.3 Å². The SMILES string of the molecule is CC1=C(O)C(=O)C[C@@H]2[C@@]3(C)CC[C@](C)([C@H](Cl)CO)C[C@@H]3CC[C@]12C. The third-order valence-electron chi connectivity index (χ3n) is 8.24. The first-order valence-electron chi connectivity index (χ1n) is 9.27. The highest BCUT2D eigenvalue weighted by Gasteiger charge is 2.60. The van der Waals surface area contributed by atoms with E-state index < -0.39 is 0 Å². The molecule has 3 aliphatic carbocycles. The lowest BCUT2D eigenvalue weighted by molar-refractivity contribution is -0.136. The van der Waals surface area contributed by atoms with Crippen LogP contribution in [-0.2, 0) is 4.79 Å². The van der Waals surface area contributed by atoms with Crippen molar-refractivity contribution in [1.82, 2.24) is 0 Å². The predicted molar refractivity (Wildman–Crippen MR) is 96.1 cm³/mol. The fourth-order valence-corrected chi connectivity index (χ4v) is 6.30. The van der Waals surface area contributed by atoms with Gasteiger partial charge < -0.3 is 10.2 Å². The second-order valence-electron chi connectivity index (χ2n) is 9.32. The Morgan fingerprint density at radius 1 is 1.25 bits per heavy atom. The average Bonchev–Trinajstić information content (AvgIpc) is 2.56. The molecule has 2 saturated carbocycles. The van der Waals surface area contributed by atoms with E-state index in [4.69, 9.17) is 11.6 Å². The topological polar surface area (TPSA) is 57.5 Å². The standard InChI is InChI=1S/C20H31ClO3/c1-12-17(24)14(23)9-15-19(12,3)6-5-13-10-18(2,16(21)11-22)7-8-20(13,15)4/h13,15-16,22,24H,5-11H2,1-4H3/t13-,15-,16+,18-,19+,20-/m0/s1. The first-order valence-corrected chi connectivity index (χ1v) is 9.70. The van der Waals surface area contributed by atoms with Crippen LogP contribution in [0.25, 0.3) is 0 Å². The molecule has 0 unspecified atom stereocenters. The molecule has 0 spiro atoms. The molecule has 136 valence electrons. The van der Waals surface area contributed by atoms with E-state index in [1.54, 1.807) is 0 Å². The van der Waals surface area contributed by atoms with Gasteiger partial charge in [0.25, 0.3) is 0 Å². The molecular weight excluding hydrogens is 324 g/mol. The molecule has 2 fully saturated rings. The number of Topliss-reactive ketones (excluding diaryl/α,β-unsaturated/α-hetero) is 1. The molecule has 3 rings (SSSR count). The zero-order chi connectivity index (χ0) is 17.9. The van der Waals surface area contributed by atoms with Crippen molar-refractivity contribution in [2.45, 2.75) is 71.6 Å². The highest BCUT2D eigenvalue weighted by Crippen LogP contribution is 2.66. The number of ketones is 1. The third-order valence-corrected chi connectivity index (χ3v) is 8.90. The van der Waals surface area contributed by atoms with Gasteiger partial charge in [-0.1, -0.05) is 20.8 Å². The summed E-state index contributed by atoms with van der Waals surface area (Å²) in [5.74, 6) is 0.746. The zero-order valence-electron chi connectivity index (χ0n) is 15.4. The van der Waals surface area contributed by atoms with Gasteiger partial charge in [0, 0.05) is 6.42 Å². The normalized spacial score (nSPS) is 47.2. The van der Waals surface area contributed by atoms with Crippen LogP contribution in [0.3, 0.4) is 0 Å². The third kappa shape index (κ3) is 2.38. The van der Waals surface area contributed by atoms with Gasteiger partial charge in [-0.25, -0.2) is 0 Å². The maximum absolute atomic E-state index is 12.3. The lowest BCUT2D eigenvalue weighted by atomic mass is 9.42. The summed E-state index contributed by atoms with van der Waals surface area (Å²) in [5, 5.41) is 19.5. The van der Waals surface area contributed by atoms with E-state index in [0.717, 1.165) is 37.7 Å². The first kappa shape index (κ1) is 18.3. The molecule has 0 bridgehead atoms. The van der Waals surface area contributed by atoms with Gasteiger partial charge in [-0.3, -0.25) is 4.79 Å². The molecule has 24 heavy (non-hydrogen) atoms. The van der Waals surface area contributed by atoms with Crippen LogP contribution in [0.4, 0.5) is 0 Å². The van der Waals surface area contributed by atoms with Crippen molar-refractivity contribution in [3.63, 3.8) is 0 Å². The fourth-order valence-electron chi connectivity index (χ4n) is 6.10. The molecular formula is C20H31ClO3. The predicted octanol–water partition coefficient (Wildman–Crippen LogP) is 4.62. The maximum Gasteiger partial charge on any atom is 0.197 e. The molecule has 0 aliphatic heterocycles. The molecule has 4 heteroatoms. The van der Waals surface area contributed by atoms with Gasteiger partial charge in [-0.15, -0.1) is 11.6 Å². The van der Waals surface area contributed by atoms with E-state index >= 15 is 0 Å². The van der Waals surface area contributed by atoms with Gasteiger partial charge in [0.15, 0.2) is 11.5 Å². The zero-order valence-corrected chi connectivity index (χ0v) is 16.1. The van der Waals surface area contributed by atoms with Gasteiger partial charge in [0.1, 0.15) is 0 Å². The monoisotopic (exact) mass is 354 g/mol. The van der Waals surface area contributed by atoms with Crippen molar-refractivity contribution >= 4 is 17.4 Å². The second-order valence-corrected chi connectivity index (χ2v) is 9.85. The summed E-state index contributed by atoms with van der Waals surface area (Å²) in [6, 6.07) is 0. The summed E-state index contributed by atoms with van der Waals surface area (Å²) in [5.41, 5.74) is 0.895. The smallest absolute Gasteiger partial charge is 0.197 e. The minimum Gasteiger partial charge on any atom is -0.504 e. The van der Waals surface area contributed by atoms with Crippen LogP contribution < -0.4 is 0 Å². The summed E-state index contributed by atoms with van der Waals surface area (Å²) >= 11 is 6.45. The van der Waals surface area contributed by atoms with Crippen molar-refractivity contribution in [1.29, 1.82) is 0 Å². The van der Waals surface area contributed by atoms with Gasteiger partial charge in [-0.2, -0.15) is 0 Å². The average molecular weight is 355 g/mol. The molecule has 0 heterocycles. The summed E-state index contributed by atoms with van der Waals surface area (Å²) in [6.07, 6.45) is 5.64. The number of allylic oxidation sites excluding steroid dienone is 2. The molecule has 0 saturated heterocycles. The van der Waals surface area contributed by atoms with Crippen LogP contribution in [0.5, 0.6) is 0 Å². The van der Waals surface area contributed by atoms with Gasteiger partial charge in [0.2, 0.25) is 0 Å². The number of fused-ring (bicyclic) bond motifs is 3. The van der Waals surface area contributed by atoms with Crippen LogP contribution in [0, 0.1) is 28.1 Å². The highest BCUT2D eigenvalue weighted by molar-refractivity contribution is 6.21. The van der Waals surface area contributed by atoms with E-state index in [-0.39, 0.29) is 39.8 Å². The number of hydrogen-bond donors (Lipinski definition) is 2. The molecule has 0 aromatic heterocycles. The van der Waals surface area contributed by atoms with Crippen molar-refractivity contribution in [2.24, 2.45) is 28.1 Å². The van der Waals surface area contributed by atoms with Crippen LogP contribution in [0.15, 0.2) is 11.3 Å². The molecule has 0 amide bonds. The minimum absolute atomic E-state index is 0.0116. The maximum atomic E-state index is 12.3. The van der Waals surface area contributed by atoms with Crippen molar-refractivity contribution in [2.75, 3.05) is 6.61 Å². The number of carbonyl (C=O) groups is 1. The Morgan fingerprint density at radius 2 is 1.92 bits per heavy atom. The first-order chi connectivity index (χ1) is 11.1. The van der Waals surface area contributed by atoms with Crippen LogP contribution >= 0.6 is 11.6 Å². The highest BCUT2D eigenvalue weighted by atomic mass is 35.5. The largest absolute Gasteiger partial charge is 0.504 e. The van der Waals surface area contributed by atoms with Crippen molar-refractivity contribution in [3.8, 4) is 0 Å². The summed E-state index contributed by atoms with van der Waals surface area (Å²) in [6.45, 7) is 8.76. The number of aliphatic hydroxyl groups is 2. The number of carbonyl (C=O) groups excluding carboxylic acids is 1. The molecule has 6 atom stereocenters. The minimum atomic E-state index is -0.200. The Labute approximate surface area is 150 Å². The van der Waals surface area contributed by atoms with Crippen LogP contribution in [-0.4, -0.2) is 28.0 Å². The molecule has 0 radical (unpaired) electrons. The van der Waals surface area contributed by atoms with E-state index in [1.165, 1.54) is 0 Å². The van der Waals surface area contributed by atoms with E-state index in [2.05, 4.69) is 20.8 Å². The Morgan fingerprint density at radius 3 is 2.54 bits per heavy atom. The molecule has 3 nitrogen and oxygen atoms in total. The number of hydrogen-bond acceptors (Lipinski definition) is 3. The lowest BCUT2D eigenvalue weighted by Gasteiger charge is -2.62. The van der Waals surface area contributed by atoms with Crippen molar-refractivity contribution in [3.05, 3.63) is 11.3 Å². The number of aliphatic hydroxyl groups excluding tert-OH is 2. The molecule has 0 aromatic rings. The van der Waals surface area contributed by atoms with E-state index in [1.807, 2.05) is 6.92 Å². The van der Waals surface area contributed by atoms with Gasteiger partial charge >= 0.3 is 0 Å². The Bertz CT molecular complexity index is 585. The fraction of sp³-hybridized carbons (Fsp3) is 0.850. The van der Waals surface area contributed by atoms with Crippen LogP contribution in [0.1, 0.15) is 66.2 Å². The molecule has 0 aromatic carbocycles. The van der Waals surface area contributed by atoms with Gasteiger partial charge in [-0.05, 0) is 72.7 Å². The quantitative estimate of drug-likeness (QED) is 0.711. The van der Waals surface area contributed by atoms with Crippen LogP contribution in [0.2, 0.25) is 0 Å². The number of rotatable bonds is 2. The Kier molecular flexibility index (Phi) is 4.36. The molecule has 3 aliphatic rings. The van der Waals surface area contributed by atoms with E-state index in [9.17, 15) is 15.0 Å². The van der Waals surface area contributed by atoms with Crippen molar-refractivity contribution < 1.29 is 15.0 Å². The Balaban J connectivity index is 1.95. The Hall–Kier alpha value is -0.540.